The van der Waals surface area contributed by atoms with Gasteiger partial charge in [0.2, 0.25) is 0 Å². The Morgan fingerprint density at radius 3 is 2.76 bits per heavy atom. The number of carbonyl (C=O) groups is 1. The number of aryl methyl sites for hydroxylation is 2. The van der Waals surface area contributed by atoms with Gasteiger partial charge in [0.1, 0.15) is 5.82 Å². The molecule has 0 saturated carbocycles. The summed E-state index contributed by atoms with van der Waals surface area (Å²) in [7, 11) is 0. The largest absolute Gasteiger partial charge is 0.376 e. The van der Waals surface area contributed by atoms with Crippen molar-refractivity contribution in [2.24, 2.45) is 0 Å². The van der Waals surface area contributed by atoms with Crippen LogP contribution in [0.4, 0.5) is 0 Å². The second-order valence-electron chi connectivity index (χ2n) is 6.55. The van der Waals surface area contributed by atoms with E-state index < -0.39 is 0 Å². The number of nitrogens with zero attached hydrogens (tertiary/aromatic N) is 3. The summed E-state index contributed by atoms with van der Waals surface area (Å²) in [6.45, 7) is 6.01. The van der Waals surface area contributed by atoms with Gasteiger partial charge in [-0.25, -0.2) is 9.97 Å². The molecule has 25 heavy (non-hydrogen) atoms. The maximum absolute atomic E-state index is 13.0. The molecule has 0 unspecified atom stereocenters. The zero-order valence-corrected chi connectivity index (χ0v) is 14.9. The predicted molar refractivity (Wildman–Crippen MR) is 96.3 cm³/mol. The third-order valence-electron chi connectivity index (χ3n) is 4.46. The van der Waals surface area contributed by atoms with Gasteiger partial charge in [-0.05, 0) is 25.3 Å². The van der Waals surface area contributed by atoms with Crippen molar-refractivity contribution in [2.45, 2.75) is 45.8 Å². The average molecular weight is 339 g/mol. The van der Waals surface area contributed by atoms with Gasteiger partial charge in [-0.15, -0.1) is 0 Å². The minimum Gasteiger partial charge on any atom is -0.376 e. The van der Waals surface area contributed by atoms with Gasteiger partial charge in [0.25, 0.3) is 5.91 Å². The molecule has 1 saturated heterocycles. The minimum absolute atomic E-state index is 0.0420. The molecule has 2 aromatic rings. The normalized spacial score (nSPS) is 16.8. The average Bonchev–Trinajstić information content (AvgIpc) is 3.14. The first kappa shape index (κ1) is 17.5. The Morgan fingerprint density at radius 2 is 2.12 bits per heavy atom. The van der Waals surface area contributed by atoms with Crippen LogP contribution in [0.15, 0.2) is 36.7 Å². The van der Waals surface area contributed by atoms with E-state index in [0.29, 0.717) is 18.7 Å². The molecule has 1 fully saturated rings. The zero-order valence-electron chi connectivity index (χ0n) is 14.9. The molecular weight excluding hydrogens is 314 g/mol. The Balaban J connectivity index is 1.79. The molecule has 1 amide bonds. The van der Waals surface area contributed by atoms with Crippen LogP contribution in [0.5, 0.6) is 0 Å². The van der Waals surface area contributed by atoms with Crippen LogP contribution < -0.4 is 0 Å². The number of ether oxygens (including phenoxy) is 1. The van der Waals surface area contributed by atoms with Crippen LogP contribution in [0.2, 0.25) is 0 Å². The SMILES string of the molecule is CCc1ncc(C(=O)N(Cc2cccc(C)c2)C[C@H]2CCCO2)cn1. The van der Waals surface area contributed by atoms with Gasteiger partial charge in [-0.2, -0.15) is 0 Å². The van der Waals surface area contributed by atoms with E-state index in [2.05, 4.69) is 35.1 Å². The van der Waals surface area contributed by atoms with E-state index in [4.69, 9.17) is 4.74 Å². The summed E-state index contributed by atoms with van der Waals surface area (Å²) in [5.41, 5.74) is 2.85. The number of benzene rings is 1. The number of aromatic nitrogens is 2. The number of amides is 1. The fraction of sp³-hybridized carbons (Fsp3) is 0.450. The van der Waals surface area contributed by atoms with E-state index in [-0.39, 0.29) is 12.0 Å². The molecule has 2 heterocycles. The number of hydrogen-bond acceptors (Lipinski definition) is 4. The molecule has 1 aliphatic heterocycles. The van der Waals surface area contributed by atoms with Crippen LogP contribution in [0.1, 0.15) is 47.1 Å². The summed E-state index contributed by atoms with van der Waals surface area (Å²) >= 11 is 0. The quantitative estimate of drug-likeness (QED) is 0.811. The molecule has 5 nitrogen and oxygen atoms in total. The second kappa shape index (κ2) is 8.21. The van der Waals surface area contributed by atoms with Crippen LogP contribution >= 0.6 is 0 Å². The van der Waals surface area contributed by atoms with Gasteiger partial charge in [-0.3, -0.25) is 4.79 Å². The fourth-order valence-electron chi connectivity index (χ4n) is 3.11. The molecule has 0 aliphatic carbocycles. The number of hydrogen-bond donors (Lipinski definition) is 0. The number of rotatable bonds is 6. The molecule has 1 aromatic carbocycles. The van der Waals surface area contributed by atoms with Crippen molar-refractivity contribution in [3.05, 3.63) is 59.2 Å². The first-order chi connectivity index (χ1) is 12.2. The van der Waals surface area contributed by atoms with E-state index in [1.807, 2.05) is 17.9 Å². The van der Waals surface area contributed by atoms with E-state index in [1.165, 1.54) is 5.56 Å². The molecule has 5 heteroatoms. The minimum atomic E-state index is -0.0420. The molecule has 0 spiro atoms. The van der Waals surface area contributed by atoms with Gasteiger partial charge in [0.05, 0.1) is 11.7 Å². The van der Waals surface area contributed by atoms with Crippen LogP contribution in [0.3, 0.4) is 0 Å². The van der Waals surface area contributed by atoms with Crippen molar-refractivity contribution < 1.29 is 9.53 Å². The van der Waals surface area contributed by atoms with Crippen molar-refractivity contribution in [1.29, 1.82) is 0 Å². The molecule has 0 radical (unpaired) electrons. The van der Waals surface area contributed by atoms with E-state index in [0.717, 1.165) is 37.3 Å². The van der Waals surface area contributed by atoms with Crippen molar-refractivity contribution in [2.75, 3.05) is 13.2 Å². The highest BCUT2D eigenvalue weighted by Gasteiger charge is 2.24. The van der Waals surface area contributed by atoms with Crippen LogP contribution in [0.25, 0.3) is 0 Å². The maximum Gasteiger partial charge on any atom is 0.257 e. The first-order valence-electron chi connectivity index (χ1n) is 8.93. The lowest BCUT2D eigenvalue weighted by Gasteiger charge is -2.25. The highest BCUT2D eigenvalue weighted by molar-refractivity contribution is 5.93. The summed E-state index contributed by atoms with van der Waals surface area (Å²) < 4.78 is 5.74. The van der Waals surface area contributed by atoms with E-state index in [1.54, 1.807) is 12.4 Å². The lowest BCUT2D eigenvalue weighted by molar-refractivity contribution is 0.0506. The third-order valence-corrected chi connectivity index (χ3v) is 4.46. The van der Waals surface area contributed by atoms with Gasteiger partial charge >= 0.3 is 0 Å². The Morgan fingerprint density at radius 1 is 1.32 bits per heavy atom. The monoisotopic (exact) mass is 339 g/mol. The summed E-state index contributed by atoms with van der Waals surface area (Å²) in [4.78, 5) is 23.4. The highest BCUT2D eigenvalue weighted by atomic mass is 16.5. The molecular formula is C20H25N3O2. The van der Waals surface area contributed by atoms with E-state index in [9.17, 15) is 4.79 Å². The summed E-state index contributed by atoms with van der Waals surface area (Å²) in [6.07, 6.45) is 6.20. The molecule has 0 bridgehead atoms. The molecule has 0 N–H and O–H groups in total. The Labute approximate surface area is 149 Å². The van der Waals surface area contributed by atoms with Crippen molar-refractivity contribution >= 4 is 5.91 Å². The molecule has 1 atom stereocenters. The first-order valence-corrected chi connectivity index (χ1v) is 8.93. The Hall–Kier alpha value is -2.27. The second-order valence-corrected chi connectivity index (χ2v) is 6.55. The molecule has 3 rings (SSSR count). The zero-order chi connectivity index (χ0) is 17.6. The lowest BCUT2D eigenvalue weighted by Crippen LogP contribution is -2.37. The lowest BCUT2D eigenvalue weighted by atomic mass is 10.1. The highest BCUT2D eigenvalue weighted by Crippen LogP contribution is 2.17. The van der Waals surface area contributed by atoms with Crippen molar-refractivity contribution in [3.63, 3.8) is 0 Å². The third kappa shape index (κ3) is 4.63. The van der Waals surface area contributed by atoms with Crippen LogP contribution in [-0.4, -0.2) is 40.0 Å². The summed E-state index contributed by atoms with van der Waals surface area (Å²) in [6, 6.07) is 8.26. The molecule has 1 aliphatic rings. The maximum atomic E-state index is 13.0. The predicted octanol–water partition coefficient (Wildman–Crippen LogP) is 3.17. The number of carbonyl (C=O) groups excluding carboxylic acids is 1. The van der Waals surface area contributed by atoms with Crippen molar-refractivity contribution in [1.82, 2.24) is 14.9 Å². The Kier molecular flexibility index (Phi) is 5.76. The van der Waals surface area contributed by atoms with E-state index >= 15 is 0 Å². The van der Waals surface area contributed by atoms with Crippen molar-refractivity contribution in [3.8, 4) is 0 Å². The van der Waals surface area contributed by atoms with Gasteiger partial charge < -0.3 is 9.64 Å². The topological polar surface area (TPSA) is 55.3 Å². The molecule has 1 aromatic heterocycles. The van der Waals surface area contributed by atoms with Gasteiger partial charge in [0, 0.05) is 38.5 Å². The molecule has 132 valence electrons. The van der Waals surface area contributed by atoms with Crippen LogP contribution in [0, 0.1) is 6.92 Å². The fourth-order valence-corrected chi connectivity index (χ4v) is 3.11. The van der Waals surface area contributed by atoms with Gasteiger partial charge in [-0.1, -0.05) is 36.8 Å². The standard InChI is InChI=1S/C20H25N3O2/c1-3-19-21-11-17(12-22-19)20(24)23(14-18-8-5-9-25-18)13-16-7-4-6-15(2)10-16/h4,6-7,10-12,18H,3,5,8-9,13-14H2,1-2H3/t18-/m1/s1. The summed E-state index contributed by atoms with van der Waals surface area (Å²) in [5.74, 6) is 0.709. The Bertz CT molecular complexity index is 709. The van der Waals surface area contributed by atoms with Gasteiger partial charge in [0.15, 0.2) is 0 Å². The van der Waals surface area contributed by atoms with Crippen LogP contribution in [-0.2, 0) is 17.7 Å². The smallest absolute Gasteiger partial charge is 0.257 e. The summed E-state index contributed by atoms with van der Waals surface area (Å²) in [5, 5.41) is 0.